The van der Waals surface area contributed by atoms with Gasteiger partial charge in [-0.15, -0.1) is 0 Å². The van der Waals surface area contributed by atoms with E-state index in [-0.39, 0.29) is 23.5 Å². The lowest BCUT2D eigenvalue weighted by Gasteiger charge is -2.27. The number of hydrogen-bond donors (Lipinski definition) is 0. The number of amides is 1. The van der Waals surface area contributed by atoms with Crippen LogP contribution >= 0.6 is 0 Å². The minimum atomic E-state index is -2.99. The summed E-state index contributed by atoms with van der Waals surface area (Å²) in [5, 5.41) is 0. The van der Waals surface area contributed by atoms with Crippen LogP contribution in [0.1, 0.15) is 35.8 Å². The highest BCUT2D eigenvalue weighted by Crippen LogP contribution is 2.20. The Morgan fingerprint density at radius 3 is 2.70 bits per heavy atom. The second-order valence-corrected chi connectivity index (χ2v) is 7.47. The summed E-state index contributed by atoms with van der Waals surface area (Å²) in [5.74, 6) is 0.136. The summed E-state index contributed by atoms with van der Waals surface area (Å²) >= 11 is 0. The van der Waals surface area contributed by atoms with E-state index in [1.54, 1.807) is 23.2 Å². The van der Waals surface area contributed by atoms with Gasteiger partial charge in [-0.3, -0.25) is 9.78 Å². The first-order chi connectivity index (χ1) is 9.43. The van der Waals surface area contributed by atoms with E-state index < -0.39 is 9.84 Å². The Balaban J connectivity index is 2.20. The number of rotatable bonds is 4. The third-order valence-electron chi connectivity index (χ3n) is 3.53. The van der Waals surface area contributed by atoms with E-state index in [9.17, 15) is 13.2 Å². The van der Waals surface area contributed by atoms with Crippen molar-refractivity contribution in [1.29, 1.82) is 0 Å². The number of aromatic nitrogens is 1. The van der Waals surface area contributed by atoms with Crippen LogP contribution in [0.4, 0.5) is 0 Å². The van der Waals surface area contributed by atoms with Gasteiger partial charge in [0.2, 0.25) is 0 Å². The van der Waals surface area contributed by atoms with E-state index in [1.807, 2.05) is 13.8 Å². The average Bonchev–Trinajstić information content (AvgIpc) is 2.76. The lowest BCUT2D eigenvalue weighted by molar-refractivity contribution is 0.0696. The monoisotopic (exact) mass is 296 g/mol. The number of carbonyl (C=O) groups is 1. The first-order valence-electron chi connectivity index (χ1n) is 6.87. The van der Waals surface area contributed by atoms with E-state index in [0.717, 1.165) is 12.1 Å². The fourth-order valence-corrected chi connectivity index (χ4v) is 4.20. The topological polar surface area (TPSA) is 67.3 Å². The van der Waals surface area contributed by atoms with Gasteiger partial charge < -0.3 is 4.90 Å². The average molecular weight is 296 g/mol. The van der Waals surface area contributed by atoms with Crippen molar-refractivity contribution in [3.8, 4) is 0 Å². The predicted octanol–water partition coefficient (Wildman–Crippen LogP) is 1.43. The number of sulfone groups is 1. The van der Waals surface area contributed by atoms with Gasteiger partial charge >= 0.3 is 0 Å². The second-order valence-electron chi connectivity index (χ2n) is 5.24. The fraction of sp³-hybridized carbons (Fsp3) is 0.571. The molecule has 1 fully saturated rings. The van der Waals surface area contributed by atoms with Crippen molar-refractivity contribution >= 4 is 15.7 Å². The van der Waals surface area contributed by atoms with E-state index in [2.05, 4.69) is 4.98 Å². The third-order valence-corrected chi connectivity index (χ3v) is 5.28. The summed E-state index contributed by atoms with van der Waals surface area (Å²) in [6.45, 7) is 4.42. The highest BCUT2D eigenvalue weighted by atomic mass is 32.2. The van der Waals surface area contributed by atoms with Gasteiger partial charge in [0.15, 0.2) is 9.84 Å². The Hall–Kier alpha value is -1.43. The van der Waals surface area contributed by atoms with Gasteiger partial charge in [0.1, 0.15) is 0 Å². The van der Waals surface area contributed by atoms with Crippen LogP contribution in [0, 0.1) is 6.92 Å². The van der Waals surface area contributed by atoms with Crippen LogP contribution in [0.3, 0.4) is 0 Å². The van der Waals surface area contributed by atoms with E-state index in [4.69, 9.17) is 0 Å². The SMILES string of the molecule is CCCN(C(=O)c1ccc(C)nc1)[C@H]1CCS(=O)(=O)C1. The highest BCUT2D eigenvalue weighted by Gasteiger charge is 2.34. The predicted molar refractivity (Wildman–Crippen MR) is 77.4 cm³/mol. The molecule has 0 radical (unpaired) electrons. The first-order valence-corrected chi connectivity index (χ1v) is 8.69. The van der Waals surface area contributed by atoms with Crippen molar-refractivity contribution in [2.24, 2.45) is 0 Å². The molecule has 2 heterocycles. The fourth-order valence-electron chi connectivity index (χ4n) is 2.47. The molecular formula is C14H20N2O3S. The van der Waals surface area contributed by atoms with Gasteiger partial charge in [0.05, 0.1) is 17.1 Å². The molecule has 5 nitrogen and oxygen atoms in total. The molecule has 0 aliphatic carbocycles. The van der Waals surface area contributed by atoms with Crippen LogP contribution in [0.5, 0.6) is 0 Å². The van der Waals surface area contributed by atoms with Crippen molar-refractivity contribution in [3.05, 3.63) is 29.6 Å². The number of pyridine rings is 1. The molecule has 110 valence electrons. The summed E-state index contributed by atoms with van der Waals surface area (Å²) in [7, 11) is -2.99. The maximum atomic E-state index is 12.5. The van der Waals surface area contributed by atoms with Crippen LogP contribution in [0.15, 0.2) is 18.3 Å². The minimum absolute atomic E-state index is 0.0814. The first kappa shape index (κ1) is 15.0. The highest BCUT2D eigenvalue weighted by molar-refractivity contribution is 7.91. The molecule has 1 aliphatic heterocycles. The number of aryl methyl sites for hydroxylation is 1. The van der Waals surface area contributed by atoms with Gasteiger partial charge in [-0.1, -0.05) is 6.92 Å². The molecule has 1 atom stereocenters. The van der Waals surface area contributed by atoms with Gasteiger partial charge in [-0.25, -0.2) is 8.42 Å². The molecule has 1 aromatic rings. The third kappa shape index (κ3) is 3.36. The Kier molecular flexibility index (Phi) is 4.42. The zero-order valence-corrected chi connectivity index (χ0v) is 12.7. The minimum Gasteiger partial charge on any atom is -0.335 e. The van der Waals surface area contributed by atoms with E-state index in [1.165, 1.54) is 0 Å². The molecule has 0 saturated carbocycles. The standard InChI is InChI=1S/C14H20N2O3S/c1-3-7-16(13-6-8-20(18,19)10-13)14(17)12-5-4-11(2)15-9-12/h4-5,9,13H,3,6-8,10H2,1-2H3/t13-/m0/s1. The van der Waals surface area contributed by atoms with Crippen molar-refractivity contribution < 1.29 is 13.2 Å². The Morgan fingerprint density at radius 2 is 2.20 bits per heavy atom. The molecule has 1 aromatic heterocycles. The molecule has 0 bridgehead atoms. The van der Waals surface area contributed by atoms with E-state index >= 15 is 0 Å². The maximum absolute atomic E-state index is 12.5. The molecule has 1 saturated heterocycles. The van der Waals surface area contributed by atoms with Gasteiger partial charge in [0.25, 0.3) is 5.91 Å². The zero-order valence-electron chi connectivity index (χ0n) is 11.9. The molecule has 6 heteroatoms. The number of hydrogen-bond acceptors (Lipinski definition) is 4. The molecule has 0 spiro atoms. The molecular weight excluding hydrogens is 276 g/mol. The van der Waals surface area contributed by atoms with Crippen LogP contribution in [0.25, 0.3) is 0 Å². The van der Waals surface area contributed by atoms with Gasteiger partial charge in [-0.2, -0.15) is 0 Å². The molecule has 0 N–H and O–H groups in total. The maximum Gasteiger partial charge on any atom is 0.255 e. The summed E-state index contributed by atoms with van der Waals surface area (Å²) in [5.41, 5.74) is 1.38. The molecule has 0 aromatic carbocycles. The Morgan fingerprint density at radius 1 is 1.45 bits per heavy atom. The normalized spacial score (nSPS) is 20.8. The zero-order chi connectivity index (χ0) is 14.8. The number of carbonyl (C=O) groups excluding carboxylic acids is 1. The van der Waals surface area contributed by atoms with Crippen LogP contribution < -0.4 is 0 Å². The summed E-state index contributed by atoms with van der Waals surface area (Å²) < 4.78 is 23.2. The molecule has 1 amide bonds. The largest absolute Gasteiger partial charge is 0.335 e. The van der Waals surface area contributed by atoms with Crippen LogP contribution in [-0.4, -0.2) is 48.3 Å². The summed E-state index contributed by atoms with van der Waals surface area (Å²) in [4.78, 5) is 18.4. The van der Waals surface area contributed by atoms with Crippen LogP contribution in [-0.2, 0) is 9.84 Å². The van der Waals surface area contributed by atoms with Crippen molar-refractivity contribution in [3.63, 3.8) is 0 Å². The Labute approximate surface area is 119 Å². The summed E-state index contributed by atoms with van der Waals surface area (Å²) in [6.07, 6.45) is 2.90. The lowest BCUT2D eigenvalue weighted by atomic mass is 10.1. The van der Waals surface area contributed by atoms with Crippen molar-refractivity contribution in [2.75, 3.05) is 18.1 Å². The smallest absolute Gasteiger partial charge is 0.255 e. The quantitative estimate of drug-likeness (QED) is 0.843. The van der Waals surface area contributed by atoms with Crippen LogP contribution in [0.2, 0.25) is 0 Å². The second kappa shape index (κ2) is 5.91. The van der Waals surface area contributed by atoms with Crippen molar-refractivity contribution in [2.45, 2.75) is 32.7 Å². The van der Waals surface area contributed by atoms with Gasteiger partial charge in [-0.05, 0) is 31.9 Å². The Bertz CT molecular complexity index is 581. The molecule has 2 rings (SSSR count). The summed E-state index contributed by atoms with van der Waals surface area (Å²) in [6, 6.07) is 3.34. The molecule has 1 aliphatic rings. The van der Waals surface area contributed by atoms with Gasteiger partial charge in [0, 0.05) is 24.5 Å². The van der Waals surface area contributed by atoms with Crippen molar-refractivity contribution in [1.82, 2.24) is 9.88 Å². The molecule has 0 unspecified atom stereocenters. The number of nitrogens with zero attached hydrogens (tertiary/aromatic N) is 2. The molecule has 20 heavy (non-hydrogen) atoms. The lowest BCUT2D eigenvalue weighted by Crippen LogP contribution is -2.41. The van der Waals surface area contributed by atoms with E-state index in [0.29, 0.717) is 18.5 Å².